The van der Waals surface area contributed by atoms with Crippen LogP contribution in [0.2, 0.25) is 0 Å². The largest absolute Gasteiger partial charge is 0.388 e. The summed E-state index contributed by atoms with van der Waals surface area (Å²) in [5, 5.41) is 10.1. The zero-order valence-electron chi connectivity index (χ0n) is 9.94. The van der Waals surface area contributed by atoms with Gasteiger partial charge >= 0.3 is 0 Å². The lowest BCUT2D eigenvalue weighted by Crippen LogP contribution is -2.58. The maximum Gasteiger partial charge on any atom is 0.186 e. The van der Waals surface area contributed by atoms with Crippen molar-refractivity contribution < 1.29 is 19.3 Å². The summed E-state index contributed by atoms with van der Waals surface area (Å²) in [5.74, 6) is 0. The number of hydrogen-bond acceptors (Lipinski definition) is 5. The quantitative estimate of drug-likeness (QED) is 0.792. The van der Waals surface area contributed by atoms with Crippen molar-refractivity contribution in [3.8, 4) is 0 Å². The van der Waals surface area contributed by atoms with Crippen LogP contribution >= 0.6 is 0 Å². The minimum absolute atomic E-state index is 0.221. The molecule has 1 aromatic carbocycles. The Hall–Kier alpha value is -0.980. The van der Waals surface area contributed by atoms with Crippen molar-refractivity contribution in [2.75, 3.05) is 6.61 Å². The number of nitrogens with two attached hydrogens (primary N) is 1. The Morgan fingerprint density at radius 1 is 1.33 bits per heavy atom. The van der Waals surface area contributed by atoms with Crippen molar-refractivity contribution in [2.24, 2.45) is 5.73 Å². The molecule has 5 atom stereocenters. The lowest BCUT2D eigenvalue weighted by molar-refractivity contribution is -0.220. The molecule has 0 spiro atoms. The van der Waals surface area contributed by atoms with Crippen LogP contribution in [0.1, 0.15) is 5.56 Å². The van der Waals surface area contributed by atoms with Gasteiger partial charge in [0.05, 0.1) is 19.3 Å². The van der Waals surface area contributed by atoms with E-state index in [1.807, 2.05) is 30.3 Å². The monoisotopic (exact) mass is 251 g/mol. The second-order valence-electron chi connectivity index (χ2n) is 4.71. The fourth-order valence-corrected chi connectivity index (χ4v) is 2.36. The molecule has 0 saturated carbocycles. The molecule has 2 fully saturated rings. The van der Waals surface area contributed by atoms with Crippen molar-refractivity contribution in [1.82, 2.24) is 0 Å². The van der Waals surface area contributed by atoms with Crippen LogP contribution in [0.15, 0.2) is 30.3 Å². The highest BCUT2D eigenvalue weighted by Gasteiger charge is 2.49. The molecule has 2 aliphatic rings. The summed E-state index contributed by atoms with van der Waals surface area (Å²) in [5.41, 5.74) is 6.92. The van der Waals surface area contributed by atoms with E-state index >= 15 is 0 Å². The summed E-state index contributed by atoms with van der Waals surface area (Å²) in [6.45, 7) is 0.831. The van der Waals surface area contributed by atoms with Crippen molar-refractivity contribution in [3.63, 3.8) is 0 Å². The average Bonchev–Trinajstić information content (AvgIpc) is 2.84. The second-order valence-corrected chi connectivity index (χ2v) is 4.71. The number of hydrogen-bond donors (Lipinski definition) is 2. The van der Waals surface area contributed by atoms with Crippen LogP contribution in [0.25, 0.3) is 0 Å². The Morgan fingerprint density at radius 2 is 2.11 bits per heavy atom. The highest BCUT2D eigenvalue weighted by molar-refractivity contribution is 5.13. The van der Waals surface area contributed by atoms with Crippen molar-refractivity contribution in [3.05, 3.63) is 35.9 Å². The first kappa shape index (κ1) is 12.1. The highest BCUT2D eigenvalue weighted by atomic mass is 16.7. The second kappa shape index (κ2) is 4.95. The van der Waals surface area contributed by atoms with E-state index in [1.54, 1.807) is 0 Å². The van der Waals surface area contributed by atoms with Gasteiger partial charge in [-0.15, -0.1) is 0 Å². The molecular weight excluding hydrogens is 234 g/mol. The van der Waals surface area contributed by atoms with Crippen molar-refractivity contribution in [2.45, 2.75) is 37.3 Å². The first-order valence-corrected chi connectivity index (χ1v) is 6.12. The molecule has 3 rings (SSSR count). The fourth-order valence-electron chi connectivity index (χ4n) is 2.36. The van der Waals surface area contributed by atoms with Gasteiger partial charge in [0.15, 0.2) is 6.29 Å². The SMILES string of the molecule is NC1C2COC(O2)C(OCc2ccccc2)C1O. The van der Waals surface area contributed by atoms with Crippen LogP contribution in [-0.2, 0) is 20.8 Å². The number of rotatable bonds is 3. The maximum atomic E-state index is 10.1. The maximum absolute atomic E-state index is 10.1. The van der Waals surface area contributed by atoms with Gasteiger partial charge in [-0.3, -0.25) is 0 Å². The first-order valence-electron chi connectivity index (χ1n) is 6.12. The third kappa shape index (κ3) is 2.15. The molecule has 2 bridgehead atoms. The van der Waals surface area contributed by atoms with Gasteiger partial charge in [0.25, 0.3) is 0 Å². The molecule has 0 aliphatic carbocycles. The Bertz CT molecular complexity index is 399. The normalized spacial score (nSPS) is 38.9. The summed E-state index contributed by atoms with van der Waals surface area (Å²) in [6.07, 6.45) is -2.01. The van der Waals surface area contributed by atoms with E-state index in [4.69, 9.17) is 19.9 Å². The third-order valence-corrected chi connectivity index (χ3v) is 3.45. The predicted molar refractivity (Wildman–Crippen MR) is 63.6 cm³/mol. The Labute approximate surface area is 105 Å². The van der Waals surface area contributed by atoms with Crippen LogP contribution in [-0.4, -0.2) is 42.4 Å². The molecule has 0 amide bonds. The van der Waals surface area contributed by atoms with Crippen molar-refractivity contribution >= 4 is 0 Å². The zero-order chi connectivity index (χ0) is 12.5. The minimum Gasteiger partial charge on any atom is -0.388 e. The number of fused-ring (bicyclic) bond motifs is 2. The molecule has 3 N–H and O–H groups in total. The lowest BCUT2D eigenvalue weighted by Gasteiger charge is -2.36. The van der Waals surface area contributed by atoms with E-state index in [2.05, 4.69) is 0 Å². The standard InChI is InChI=1S/C13H17NO4/c14-10-9-7-17-13(18-9)12(11(10)15)16-6-8-4-2-1-3-5-8/h1-5,9-13,15H,6-7,14H2. The van der Waals surface area contributed by atoms with E-state index in [-0.39, 0.29) is 6.10 Å². The Balaban J connectivity index is 1.65. The summed E-state index contributed by atoms with van der Waals surface area (Å²) < 4.78 is 16.7. The number of benzene rings is 1. The van der Waals surface area contributed by atoms with Crippen LogP contribution in [0.4, 0.5) is 0 Å². The van der Waals surface area contributed by atoms with Gasteiger partial charge in [-0.2, -0.15) is 0 Å². The molecule has 2 saturated heterocycles. The number of ether oxygens (including phenoxy) is 3. The van der Waals surface area contributed by atoms with E-state index in [0.29, 0.717) is 13.2 Å². The minimum atomic E-state index is -0.750. The summed E-state index contributed by atoms with van der Waals surface area (Å²) in [6, 6.07) is 9.32. The van der Waals surface area contributed by atoms with Gasteiger partial charge in [-0.1, -0.05) is 30.3 Å². The third-order valence-electron chi connectivity index (χ3n) is 3.45. The lowest BCUT2D eigenvalue weighted by atomic mass is 9.99. The van der Waals surface area contributed by atoms with Crippen LogP contribution in [0.5, 0.6) is 0 Å². The molecule has 5 nitrogen and oxygen atoms in total. The summed E-state index contributed by atoms with van der Waals surface area (Å²) >= 11 is 0. The molecule has 1 aromatic rings. The van der Waals surface area contributed by atoms with Gasteiger partial charge < -0.3 is 25.1 Å². The Kier molecular flexibility index (Phi) is 3.32. The first-order chi connectivity index (χ1) is 8.75. The van der Waals surface area contributed by atoms with E-state index in [0.717, 1.165) is 5.56 Å². The molecule has 18 heavy (non-hydrogen) atoms. The van der Waals surface area contributed by atoms with Crippen molar-refractivity contribution in [1.29, 1.82) is 0 Å². The van der Waals surface area contributed by atoms with Gasteiger partial charge in [0.1, 0.15) is 18.3 Å². The molecule has 5 heteroatoms. The van der Waals surface area contributed by atoms with E-state index in [1.165, 1.54) is 0 Å². The zero-order valence-corrected chi connectivity index (χ0v) is 9.94. The van der Waals surface area contributed by atoms with E-state index in [9.17, 15) is 5.11 Å². The molecule has 0 aromatic heterocycles. The van der Waals surface area contributed by atoms with Gasteiger partial charge in [-0.25, -0.2) is 0 Å². The number of aliphatic hydroxyl groups excluding tert-OH is 1. The topological polar surface area (TPSA) is 73.9 Å². The average molecular weight is 251 g/mol. The molecule has 98 valence electrons. The molecule has 0 radical (unpaired) electrons. The predicted octanol–water partition coefficient (Wildman–Crippen LogP) is 0.0151. The molecule has 5 unspecified atom stereocenters. The smallest absolute Gasteiger partial charge is 0.186 e. The van der Waals surface area contributed by atoms with Crippen LogP contribution in [0, 0.1) is 0 Å². The Morgan fingerprint density at radius 3 is 2.89 bits per heavy atom. The molecule has 2 heterocycles. The highest BCUT2D eigenvalue weighted by Crippen LogP contribution is 2.29. The van der Waals surface area contributed by atoms with Gasteiger partial charge in [0, 0.05) is 0 Å². The summed E-state index contributed by atoms with van der Waals surface area (Å²) in [7, 11) is 0. The van der Waals surface area contributed by atoms with Gasteiger partial charge in [0.2, 0.25) is 0 Å². The molecule has 2 aliphatic heterocycles. The molecular formula is C13H17NO4. The van der Waals surface area contributed by atoms with Crippen LogP contribution in [0.3, 0.4) is 0 Å². The summed E-state index contributed by atoms with van der Waals surface area (Å²) in [4.78, 5) is 0. The number of aliphatic hydroxyl groups is 1. The fraction of sp³-hybridized carbons (Fsp3) is 0.538. The van der Waals surface area contributed by atoms with Crippen LogP contribution < -0.4 is 5.73 Å². The van der Waals surface area contributed by atoms with Gasteiger partial charge in [-0.05, 0) is 5.56 Å². The van der Waals surface area contributed by atoms with E-state index < -0.39 is 24.5 Å².